The minimum Gasteiger partial charge on any atom is -0.481 e. The molecule has 108 valence electrons. The second-order valence-electron chi connectivity index (χ2n) is 3.74. The zero-order chi connectivity index (χ0) is 14.8. The van der Waals surface area contributed by atoms with Crippen molar-refractivity contribution in [3.8, 4) is 0 Å². The quantitative estimate of drug-likeness (QED) is 0.216. The van der Waals surface area contributed by atoms with Crippen molar-refractivity contribution in [2.45, 2.75) is 24.9 Å². The maximum absolute atomic E-state index is 10.7. The van der Waals surface area contributed by atoms with Gasteiger partial charge in [0, 0.05) is 13.1 Å². The van der Waals surface area contributed by atoms with Gasteiger partial charge in [-0.3, -0.25) is 14.4 Å². The Kier molecular flexibility index (Phi) is 8.05. The summed E-state index contributed by atoms with van der Waals surface area (Å²) in [4.78, 5) is 41.9. The summed E-state index contributed by atoms with van der Waals surface area (Å²) in [5.41, 5.74) is 0. The van der Waals surface area contributed by atoms with Gasteiger partial charge < -0.3 is 30.7 Å². The van der Waals surface area contributed by atoms with Crippen LogP contribution in [0, 0.1) is 0 Å². The summed E-state index contributed by atoms with van der Waals surface area (Å²) in [6.45, 7) is 0.230. The number of carbonyl (C=O) groups is 4. The van der Waals surface area contributed by atoms with Gasteiger partial charge in [0.1, 0.15) is 12.3 Å². The molecule has 0 aromatic heterocycles. The van der Waals surface area contributed by atoms with Gasteiger partial charge in [-0.05, 0) is 0 Å². The van der Waals surface area contributed by atoms with Gasteiger partial charge in [0.2, 0.25) is 0 Å². The summed E-state index contributed by atoms with van der Waals surface area (Å²) in [7, 11) is 0. The zero-order valence-corrected chi connectivity index (χ0v) is 10.0. The molecule has 0 spiro atoms. The molecule has 2 atom stereocenters. The SMILES string of the molecule is O=CC(CC(=O)O)NCCNC(CC(=O)O)C(=O)O. The number of carboxylic acids is 3. The number of hydrogen-bond donors (Lipinski definition) is 5. The van der Waals surface area contributed by atoms with Crippen LogP contribution in [-0.2, 0) is 19.2 Å². The minimum absolute atomic E-state index is 0.0915. The molecule has 0 amide bonds. The summed E-state index contributed by atoms with van der Waals surface area (Å²) < 4.78 is 0. The standard InChI is InChI=1S/C10H16N2O7/c13-5-6(3-8(14)15)11-1-2-12-7(10(18)19)4-9(16)17/h5-7,11-12H,1-4H2,(H,14,15)(H,16,17)(H,18,19). The van der Waals surface area contributed by atoms with Crippen LogP contribution < -0.4 is 10.6 Å². The normalized spacial score (nSPS) is 13.5. The molecule has 0 saturated carbocycles. The van der Waals surface area contributed by atoms with E-state index in [1.165, 1.54) is 0 Å². The fourth-order valence-corrected chi connectivity index (χ4v) is 1.28. The van der Waals surface area contributed by atoms with Gasteiger partial charge in [-0.25, -0.2) is 0 Å². The fourth-order valence-electron chi connectivity index (χ4n) is 1.28. The predicted molar refractivity (Wildman–Crippen MR) is 61.8 cm³/mol. The van der Waals surface area contributed by atoms with Gasteiger partial charge >= 0.3 is 17.9 Å². The molecule has 0 aromatic rings. The Bertz CT molecular complexity index is 345. The average molecular weight is 276 g/mol. The monoisotopic (exact) mass is 276 g/mol. The van der Waals surface area contributed by atoms with E-state index >= 15 is 0 Å². The Balaban J connectivity index is 3.98. The van der Waals surface area contributed by atoms with Gasteiger partial charge in [-0.1, -0.05) is 0 Å². The molecule has 0 heterocycles. The molecule has 0 radical (unpaired) electrons. The van der Waals surface area contributed by atoms with Crippen molar-refractivity contribution in [1.82, 2.24) is 10.6 Å². The van der Waals surface area contributed by atoms with E-state index in [0.29, 0.717) is 6.29 Å². The summed E-state index contributed by atoms with van der Waals surface area (Å²) in [5.74, 6) is -3.67. The van der Waals surface area contributed by atoms with Crippen LogP contribution in [0.3, 0.4) is 0 Å². The number of aldehydes is 1. The number of rotatable bonds is 11. The number of aliphatic carboxylic acids is 3. The Labute approximate surface area is 108 Å². The van der Waals surface area contributed by atoms with E-state index < -0.39 is 36.4 Å². The average Bonchev–Trinajstić information content (AvgIpc) is 2.30. The Morgan fingerprint density at radius 1 is 0.947 bits per heavy atom. The predicted octanol–water partition coefficient (Wildman–Crippen LogP) is -1.86. The van der Waals surface area contributed by atoms with E-state index in [-0.39, 0.29) is 19.5 Å². The minimum atomic E-state index is -1.29. The van der Waals surface area contributed by atoms with Crippen LogP contribution in [0.25, 0.3) is 0 Å². The van der Waals surface area contributed by atoms with Crippen molar-refractivity contribution < 1.29 is 34.5 Å². The highest BCUT2D eigenvalue weighted by atomic mass is 16.4. The van der Waals surface area contributed by atoms with E-state index in [0.717, 1.165) is 0 Å². The van der Waals surface area contributed by atoms with Crippen LogP contribution in [0.4, 0.5) is 0 Å². The highest BCUT2D eigenvalue weighted by molar-refractivity contribution is 5.80. The molecule has 0 rings (SSSR count). The van der Waals surface area contributed by atoms with Crippen LogP contribution in [-0.4, -0.2) is 64.7 Å². The van der Waals surface area contributed by atoms with Crippen LogP contribution in [0.5, 0.6) is 0 Å². The fraction of sp³-hybridized carbons (Fsp3) is 0.600. The Morgan fingerprint density at radius 3 is 1.89 bits per heavy atom. The van der Waals surface area contributed by atoms with Crippen LogP contribution >= 0.6 is 0 Å². The van der Waals surface area contributed by atoms with Crippen LogP contribution in [0.2, 0.25) is 0 Å². The lowest BCUT2D eigenvalue weighted by Gasteiger charge is -2.14. The lowest BCUT2D eigenvalue weighted by Crippen LogP contribution is -2.44. The molecule has 0 aliphatic carbocycles. The maximum Gasteiger partial charge on any atom is 0.321 e. The van der Waals surface area contributed by atoms with E-state index in [9.17, 15) is 19.2 Å². The zero-order valence-electron chi connectivity index (χ0n) is 10.0. The van der Waals surface area contributed by atoms with Crippen molar-refractivity contribution in [3.63, 3.8) is 0 Å². The molecule has 0 bridgehead atoms. The third-order valence-electron chi connectivity index (χ3n) is 2.16. The summed E-state index contributed by atoms with van der Waals surface area (Å²) in [6.07, 6.45) is -0.497. The Hall–Kier alpha value is -2.00. The summed E-state index contributed by atoms with van der Waals surface area (Å²) in [6, 6.07) is -2.09. The molecule has 0 aromatic carbocycles. The highest BCUT2D eigenvalue weighted by Gasteiger charge is 2.20. The lowest BCUT2D eigenvalue weighted by atomic mass is 10.2. The third kappa shape index (κ3) is 8.69. The largest absolute Gasteiger partial charge is 0.481 e. The van der Waals surface area contributed by atoms with Gasteiger partial charge in [0.15, 0.2) is 0 Å². The second-order valence-corrected chi connectivity index (χ2v) is 3.74. The molecule has 0 aliphatic heterocycles. The van der Waals surface area contributed by atoms with E-state index in [1.807, 2.05) is 0 Å². The van der Waals surface area contributed by atoms with Gasteiger partial charge in [-0.15, -0.1) is 0 Å². The lowest BCUT2D eigenvalue weighted by molar-refractivity contribution is -0.145. The van der Waals surface area contributed by atoms with Crippen molar-refractivity contribution in [2.24, 2.45) is 0 Å². The van der Waals surface area contributed by atoms with Crippen molar-refractivity contribution in [3.05, 3.63) is 0 Å². The molecule has 0 saturated heterocycles. The molecule has 5 N–H and O–H groups in total. The first-order valence-electron chi connectivity index (χ1n) is 5.45. The van der Waals surface area contributed by atoms with Crippen LogP contribution in [0.15, 0.2) is 0 Å². The van der Waals surface area contributed by atoms with Gasteiger partial charge in [0.25, 0.3) is 0 Å². The first-order valence-corrected chi connectivity index (χ1v) is 5.45. The van der Waals surface area contributed by atoms with Crippen molar-refractivity contribution >= 4 is 24.2 Å². The van der Waals surface area contributed by atoms with E-state index in [4.69, 9.17) is 15.3 Å². The number of carboxylic acid groups (broad SMARTS) is 3. The molecule has 2 unspecified atom stereocenters. The van der Waals surface area contributed by atoms with Crippen molar-refractivity contribution in [2.75, 3.05) is 13.1 Å². The third-order valence-corrected chi connectivity index (χ3v) is 2.16. The van der Waals surface area contributed by atoms with Gasteiger partial charge in [0.05, 0.1) is 18.9 Å². The number of carbonyl (C=O) groups excluding carboxylic acids is 1. The molecule has 0 fully saturated rings. The molecule has 9 nitrogen and oxygen atoms in total. The first kappa shape index (κ1) is 17.0. The topological polar surface area (TPSA) is 153 Å². The maximum atomic E-state index is 10.7. The smallest absolute Gasteiger partial charge is 0.321 e. The first-order chi connectivity index (χ1) is 8.86. The molecule has 19 heavy (non-hydrogen) atoms. The number of hydrogen-bond acceptors (Lipinski definition) is 6. The second kappa shape index (κ2) is 9.00. The van der Waals surface area contributed by atoms with Crippen LogP contribution in [0.1, 0.15) is 12.8 Å². The summed E-state index contributed by atoms with van der Waals surface area (Å²) in [5, 5.41) is 30.7. The van der Waals surface area contributed by atoms with E-state index in [1.54, 1.807) is 0 Å². The molecule has 0 aliphatic rings. The highest BCUT2D eigenvalue weighted by Crippen LogP contribution is 1.92. The molecular weight excluding hydrogens is 260 g/mol. The molecule has 9 heteroatoms. The Morgan fingerprint density at radius 2 is 1.47 bits per heavy atom. The summed E-state index contributed by atoms with van der Waals surface area (Å²) >= 11 is 0. The van der Waals surface area contributed by atoms with Crippen molar-refractivity contribution in [1.29, 1.82) is 0 Å². The van der Waals surface area contributed by atoms with E-state index in [2.05, 4.69) is 10.6 Å². The molecular formula is C10H16N2O7. The van der Waals surface area contributed by atoms with Gasteiger partial charge in [-0.2, -0.15) is 0 Å². The number of nitrogens with one attached hydrogen (secondary N) is 2.